The normalized spacial score (nSPS) is 19.4. The van der Waals surface area contributed by atoms with Crippen molar-refractivity contribution in [3.63, 3.8) is 0 Å². The van der Waals surface area contributed by atoms with Crippen molar-refractivity contribution >= 4 is 17.2 Å². The summed E-state index contributed by atoms with van der Waals surface area (Å²) in [5.74, 6) is 0.613. The fourth-order valence-electron chi connectivity index (χ4n) is 4.08. The molecule has 1 amide bonds. The van der Waals surface area contributed by atoms with Crippen molar-refractivity contribution < 1.29 is 4.79 Å². The number of likely N-dealkylation sites (tertiary alicyclic amines) is 1. The summed E-state index contributed by atoms with van der Waals surface area (Å²) in [6, 6.07) is 8.53. The first kappa shape index (κ1) is 17.7. The smallest absolute Gasteiger partial charge is 0.273 e. The molecule has 26 heavy (non-hydrogen) atoms. The molecule has 1 aromatic heterocycles. The Balaban J connectivity index is 1.43. The highest BCUT2D eigenvalue weighted by Crippen LogP contribution is 2.37. The van der Waals surface area contributed by atoms with Crippen LogP contribution in [0, 0.1) is 5.41 Å². The first-order valence-corrected chi connectivity index (χ1v) is 10.5. The van der Waals surface area contributed by atoms with E-state index in [0.717, 1.165) is 49.6 Å². The van der Waals surface area contributed by atoms with Crippen LogP contribution < -0.4 is 5.32 Å². The molecule has 1 spiro atoms. The highest BCUT2D eigenvalue weighted by Gasteiger charge is 2.38. The third kappa shape index (κ3) is 3.42. The van der Waals surface area contributed by atoms with Crippen LogP contribution in [-0.4, -0.2) is 42.0 Å². The fraction of sp³-hybridized carbons (Fsp3) is 0.524. The number of carbonyl (C=O) groups is 1. The zero-order valence-electron chi connectivity index (χ0n) is 15.6. The van der Waals surface area contributed by atoms with Gasteiger partial charge in [0.2, 0.25) is 0 Å². The second kappa shape index (κ2) is 7.12. The first-order chi connectivity index (χ1) is 12.6. The topological polar surface area (TPSA) is 45.2 Å². The van der Waals surface area contributed by atoms with Gasteiger partial charge >= 0.3 is 0 Å². The molecule has 2 saturated heterocycles. The summed E-state index contributed by atoms with van der Waals surface area (Å²) in [6.07, 6.45) is 3.47. The van der Waals surface area contributed by atoms with Gasteiger partial charge in [0.15, 0.2) is 0 Å². The Labute approximate surface area is 159 Å². The molecule has 0 unspecified atom stereocenters. The molecule has 1 N–H and O–H groups in total. The number of carbonyl (C=O) groups excluding carboxylic acids is 1. The van der Waals surface area contributed by atoms with Crippen LogP contribution in [0.5, 0.6) is 0 Å². The Morgan fingerprint density at radius 2 is 1.92 bits per heavy atom. The molecule has 1 aromatic carbocycles. The Bertz CT molecular complexity index is 765. The molecule has 0 aliphatic carbocycles. The number of aromatic nitrogens is 1. The molecule has 4 rings (SSSR count). The molecule has 0 bridgehead atoms. The average molecular weight is 370 g/mol. The lowest BCUT2D eigenvalue weighted by Crippen LogP contribution is -2.44. The predicted octanol–water partition coefficient (Wildman–Crippen LogP) is 4.15. The molecule has 2 aromatic rings. The summed E-state index contributed by atoms with van der Waals surface area (Å²) in [6.45, 7) is 8.34. The third-order valence-electron chi connectivity index (χ3n) is 5.99. The van der Waals surface area contributed by atoms with Gasteiger partial charge in [0.05, 0.1) is 0 Å². The van der Waals surface area contributed by atoms with Gasteiger partial charge < -0.3 is 10.2 Å². The number of nitrogens with zero attached hydrogens (tertiary/aromatic N) is 2. The van der Waals surface area contributed by atoms with E-state index in [1.54, 1.807) is 11.3 Å². The van der Waals surface area contributed by atoms with Gasteiger partial charge in [-0.2, -0.15) is 0 Å². The zero-order chi connectivity index (χ0) is 18.1. The zero-order valence-corrected chi connectivity index (χ0v) is 16.4. The summed E-state index contributed by atoms with van der Waals surface area (Å²) < 4.78 is 0. The standard InChI is InChI=1S/C21H27N3OS/c1-15(2)16-3-5-17(6-4-16)19-23-18(13-26-19)20(25)24-11-8-21(9-12-24)7-10-22-14-21/h3-6,13,15,22H,7-12,14H2,1-2H3. The van der Waals surface area contributed by atoms with Crippen molar-refractivity contribution in [3.8, 4) is 10.6 Å². The van der Waals surface area contributed by atoms with Crippen LogP contribution in [0.1, 0.15) is 55.1 Å². The Morgan fingerprint density at radius 3 is 2.54 bits per heavy atom. The van der Waals surface area contributed by atoms with Gasteiger partial charge in [-0.15, -0.1) is 11.3 Å². The van der Waals surface area contributed by atoms with E-state index < -0.39 is 0 Å². The Hall–Kier alpha value is -1.72. The Kier molecular flexibility index (Phi) is 4.84. The molecule has 2 fully saturated rings. The minimum atomic E-state index is 0.0899. The summed E-state index contributed by atoms with van der Waals surface area (Å²) in [4.78, 5) is 19.5. The highest BCUT2D eigenvalue weighted by molar-refractivity contribution is 7.13. The number of benzene rings is 1. The highest BCUT2D eigenvalue weighted by atomic mass is 32.1. The van der Waals surface area contributed by atoms with Gasteiger partial charge in [-0.3, -0.25) is 4.79 Å². The van der Waals surface area contributed by atoms with Crippen molar-refractivity contribution in [2.75, 3.05) is 26.2 Å². The van der Waals surface area contributed by atoms with Gasteiger partial charge in [0, 0.05) is 30.6 Å². The van der Waals surface area contributed by atoms with E-state index in [9.17, 15) is 4.79 Å². The largest absolute Gasteiger partial charge is 0.337 e. The summed E-state index contributed by atoms with van der Waals surface area (Å²) >= 11 is 1.56. The summed E-state index contributed by atoms with van der Waals surface area (Å²) in [5.41, 5.74) is 3.44. The molecule has 5 heteroatoms. The van der Waals surface area contributed by atoms with Gasteiger partial charge in [0.25, 0.3) is 5.91 Å². The van der Waals surface area contributed by atoms with Crippen molar-refractivity contribution in [1.82, 2.24) is 15.2 Å². The molecule has 0 atom stereocenters. The number of hydrogen-bond donors (Lipinski definition) is 1. The number of rotatable bonds is 3. The van der Waals surface area contributed by atoms with E-state index in [0.29, 0.717) is 17.0 Å². The van der Waals surface area contributed by atoms with E-state index in [4.69, 9.17) is 0 Å². The number of thiazole rings is 1. The SMILES string of the molecule is CC(C)c1ccc(-c2nc(C(=O)N3CCC4(CCNC4)CC3)cs2)cc1. The monoisotopic (exact) mass is 369 g/mol. The molecule has 0 saturated carbocycles. The van der Waals surface area contributed by atoms with Crippen molar-refractivity contribution in [2.24, 2.45) is 5.41 Å². The molecule has 138 valence electrons. The number of hydrogen-bond acceptors (Lipinski definition) is 4. The van der Waals surface area contributed by atoms with Gasteiger partial charge in [0.1, 0.15) is 10.7 Å². The Morgan fingerprint density at radius 1 is 1.19 bits per heavy atom. The van der Waals surface area contributed by atoms with Crippen LogP contribution in [-0.2, 0) is 0 Å². The van der Waals surface area contributed by atoms with Crippen LogP contribution in [0.3, 0.4) is 0 Å². The number of nitrogens with one attached hydrogen (secondary N) is 1. The van der Waals surface area contributed by atoms with E-state index >= 15 is 0 Å². The maximum atomic E-state index is 12.8. The number of piperidine rings is 1. The van der Waals surface area contributed by atoms with E-state index in [1.807, 2.05) is 10.3 Å². The van der Waals surface area contributed by atoms with Gasteiger partial charge in [-0.1, -0.05) is 38.1 Å². The van der Waals surface area contributed by atoms with Gasteiger partial charge in [-0.05, 0) is 42.7 Å². The first-order valence-electron chi connectivity index (χ1n) is 9.62. The second-order valence-electron chi connectivity index (χ2n) is 8.03. The van der Waals surface area contributed by atoms with Crippen LogP contribution in [0.15, 0.2) is 29.6 Å². The quantitative estimate of drug-likeness (QED) is 0.884. The molecule has 3 heterocycles. The van der Waals surface area contributed by atoms with Crippen LogP contribution in [0.4, 0.5) is 0 Å². The van der Waals surface area contributed by atoms with Crippen molar-refractivity contribution in [1.29, 1.82) is 0 Å². The van der Waals surface area contributed by atoms with Crippen molar-refractivity contribution in [3.05, 3.63) is 40.9 Å². The maximum Gasteiger partial charge on any atom is 0.273 e. The van der Waals surface area contributed by atoms with Crippen LogP contribution in [0.25, 0.3) is 10.6 Å². The maximum absolute atomic E-state index is 12.8. The van der Waals surface area contributed by atoms with E-state index in [1.165, 1.54) is 12.0 Å². The lowest BCUT2D eigenvalue weighted by Gasteiger charge is -2.38. The molecule has 2 aliphatic heterocycles. The number of amides is 1. The molecular weight excluding hydrogens is 342 g/mol. The second-order valence-corrected chi connectivity index (χ2v) is 8.89. The van der Waals surface area contributed by atoms with Crippen LogP contribution in [0.2, 0.25) is 0 Å². The van der Waals surface area contributed by atoms with Crippen molar-refractivity contribution in [2.45, 2.75) is 39.0 Å². The molecule has 4 nitrogen and oxygen atoms in total. The summed E-state index contributed by atoms with van der Waals surface area (Å²) in [7, 11) is 0. The van der Waals surface area contributed by atoms with Gasteiger partial charge in [-0.25, -0.2) is 4.98 Å². The predicted molar refractivity (Wildman–Crippen MR) is 107 cm³/mol. The van der Waals surface area contributed by atoms with E-state index in [-0.39, 0.29) is 5.91 Å². The van der Waals surface area contributed by atoms with E-state index in [2.05, 4.69) is 48.4 Å². The average Bonchev–Trinajstić information content (AvgIpc) is 3.32. The lowest BCUT2D eigenvalue weighted by molar-refractivity contribution is 0.0603. The minimum Gasteiger partial charge on any atom is -0.337 e. The molecular formula is C21H27N3OS. The summed E-state index contributed by atoms with van der Waals surface area (Å²) in [5, 5.41) is 6.32. The van der Waals surface area contributed by atoms with Crippen LogP contribution >= 0.6 is 11.3 Å². The third-order valence-corrected chi connectivity index (χ3v) is 6.88. The lowest BCUT2D eigenvalue weighted by atomic mass is 9.78. The molecule has 2 aliphatic rings. The molecule has 0 radical (unpaired) electrons. The minimum absolute atomic E-state index is 0.0899. The fourth-order valence-corrected chi connectivity index (χ4v) is 4.88.